The van der Waals surface area contributed by atoms with E-state index >= 15 is 0 Å². The fourth-order valence-corrected chi connectivity index (χ4v) is 3.23. The monoisotopic (exact) mass is 338 g/mol. The minimum Gasteiger partial charge on any atom is -0.478 e. The number of nitrogens with zero attached hydrogens (tertiary/aromatic N) is 4. The zero-order valence-electron chi connectivity index (χ0n) is 13.5. The van der Waals surface area contributed by atoms with Crippen LogP contribution < -0.4 is 4.90 Å². The van der Waals surface area contributed by atoms with E-state index in [9.17, 15) is 9.90 Å². The first kappa shape index (κ1) is 15.6. The minimum absolute atomic E-state index is 0.241. The molecule has 0 unspecified atom stereocenters. The van der Waals surface area contributed by atoms with Crippen LogP contribution >= 0.6 is 0 Å². The first-order valence-electron chi connectivity index (χ1n) is 8.21. The molecule has 2 aromatic heterocycles. The molecular formula is C18H18N4O3. The van der Waals surface area contributed by atoms with E-state index < -0.39 is 5.97 Å². The number of hydrogen-bond acceptors (Lipinski definition) is 5. The quantitative estimate of drug-likeness (QED) is 0.759. The van der Waals surface area contributed by atoms with E-state index in [0.29, 0.717) is 0 Å². The van der Waals surface area contributed by atoms with Gasteiger partial charge in [-0.25, -0.2) is 9.78 Å². The second-order valence-corrected chi connectivity index (χ2v) is 6.20. The van der Waals surface area contributed by atoms with Crippen molar-refractivity contribution in [3.05, 3.63) is 48.4 Å². The maximum absolute atomic E-state index is 11.0. The molecular weight excluding hydrogens is 320 g/mol. The summed E-state index contributed by atoms with van der Waals surface area (Å²) in [6.45, 7) is 1.52. The number of hydrogen-bond donors (Lipinski definition) is 2. The molecule has 0 bridgehead atoms. The molecule has 3 aromatic rings. The van der Waals surface area contributed by atoms with Crippen LogP contribution in [0, 0.1) is 0 Å². The zero-order valence-corrected chi connectivity index (χ0v) is 13.5. The molecule has 7 heteroatoms. The Hall–Kier alpha value is -2.93. The van der Waals surface area contributed by atoms with Crippen LogP contribution in [0.25, 0.3) is 16.9 Å². The van der Waals surface area contributed by atoms with Crippen LogP contribution in [0.1, 0.15) is 23.2 Å². The van der Waals surface area contributed by atoms with E-state index in [2.05, 4.69) is 14.9 Å². The van der Waals surface area contributed by atoms with Crippen LogP contribution in [-0.2, 0) is 0 Å². The van der Waals surface area contributed by atoms with Crippen LogP contribution in [0.15, 0.2) is 42.9 Å². The lowest BCUT2D eigenvalue weighted by Crippen LogP contribution is -2.36. The number of fused-ring (bicyclic) bond motifs is 1. The molecule has 1 fully saturated rings. The zero-order chi connectivity index (χ0) is 17.4. The Balaban J connectivity index is 1.78. The highest BCUT2D eigenvalue weighted by Gasteiger charge is 2.21. The highest BCUT2D eigenvalue weighted by atomic mass is 16.4. The topological polar surface area (TPSA) is 91.0 Å². The number of piperidine rings is 1. The number of aliphatic hydroxyl groups is 1. The fourth-order valence-electron chi connectivity index (χ4n) is 3.23. The Bertz CT molecular complexity index is 912. The molecule has 0 saturated carbocycles. The SMILES string of the molecule is O=C(O)c1ccc(-c2cnc3cncc(N4CCC(O)CC4)n23)cc1. The van der Waals surface area contributed by atoms with E-state index in [1.807, 2.05) is 10.6 Å². The van der Waals surface area contributed by atoms with E-state index in [-0.39, 0.29) is 11.7 Å². The summed E-state index contributed by atoms with van der Waals surface area (Å²) in [6, 6.07) is 6.76. The molecule has 0 atom stereocenters. The minimum atomic E-state index is -0.943. The Morgan fingerprint density at radius 2 is 1.80 bits per heavy atom. The molecule has 1 saturated heterocycles. The first-order chi connectivity index (χ1) is 12.1. The molecule has 7 nitrogen and oxygen atoms in total. The van der Waals surface area contributed by atoms with E-state index in [1.54, 1.807) is 36.7 Å². The van der Waals surface area contributed by atoms with Gasteiger partial charge in [-0.05, 0) is 25.0 Å². The largest absolute Gasteiger partial charge is 0.478 e. The smallest absolute Gasteiger partial charge is 0.335 e. The number of anilines is 1. The van der Waals surface area contributed by atoms with Crippen LogP contribution in [0.2, 0.25) is 0 Å². The van der Waals surface area contributed by atoms with E-state index in [1.165, 1.54) is 0 Å². The summed E-state index contributed by atoms with van der Waals surface area (Å²) in [5, 5.41) is 18.8. The summed E-state index contributed by atoms with van der Waals surface area (Å²) in [5.74, 6) is -0.0133. The lowest BCUT2D eigenvalue weighted by atomic mass is 10.1. The van der Waals surface area contributed by atoms with Gasteiger partial charge >= 0.3 is 5.97 Å². The van der Waals surface area contributed by atoms with Gasteiger partial charge in [0.05, 0.1) is 36.0 Å². The highest BCUT2D eigenvalue weighted by Crippen LogP contribution is 2.27. The van der Waals surface area contributed by atoms with Gasteiger partial charge in [-0.2, -0.15) is 0 Å². The number of aromatic carboxylic acids is 1. The van der Waals surface area contributed by atoms with Gasteiger partial charge in [-0.15, -0.1) is 0 Å². The summed E-state index contributed by atoms with van der Waals surface area (Å²) < 4.78 is 2.03. The number of carbonyl (C=O) groups is 1. The number of carboxylic acids is 1. The van der Waals surface area contributed by atoms with Crippen molar-refractivity contribution in [2.45, 2.75) is 18.9 Å². The fraction of sp³-hybridized carbons (Fsp3) is 0.278. The standard InChI is InChI=1S/C18H18N4O3/c23-14-5-7-21(8-6-14)17-11-19-10-16-20-9-15(22(16)17)12-1-3-13(4-2-12)18(24)25/h1-4,9-11,14,23H,5-8H2,(H,24,25). The van der Waals surface area contributed by atoms with Gasteiger partial charge in [-0.1, -0.05) is 12.1 Å². The maximum atomic E-state index is 11.0. The van der Waals surface area contributed by atoms with Crippen LogP contribution in [-0.4, -0.2) is 49.7 Å². The number of aliphatic hydroxyl groups excluding tert-OH is 1. The number of carboxylic acid groups (broad SMARTS) is 1. The summed E-state index contributed by atoms with van der Waals surface area (Å²) in [5.41, 5.74) is 2.77. The van der Waals surface area contributed by atoms with Crippen molar-refractivity contribution in [1.29, 1.82) is 0 Å². The molecule has 128 valence electrons. The predicted octanol–water partition coefficient (Wildman–Crippen LogP) is 2.06. The Kier molecular flexibility index (Phi) is 3.85. The Morgan fingerprint density at radius 3 is 2.48 bits per heavy atom. The predicted molar refractivity (Wildman–Crippen MR) is 92.8 cm³/mol. The van der Waals surface area contributed by atoms with Gasteiger partial charge in [-0.3, -0.25) is 9.38 Å². The first-order valence-corrected chi connectivity index (χ1v) is 8.21. The third-order valence-corrected chi connectivity index (χ3v) is 4.61. The molecule has 2 N–H and O–H groups in total. The van der Waals surface area contributed by atoms with Gasteiger partial charge in [0.2, 0.25) is 0 Å². The van der Waals surface area contributed by atoms with Crippen molar-refractivity contribution in [1.82, 2.24) is 14.4 Å². The van der Waals surface area contributed by atoms with E-state index in [4.69, 9.17) is 5.11 Å². The molecule has 0 radical (unpaired) electrons. The third-order valence-electron chi connectivity index (χ3n) is 4.61. The second kappa shape index (κ2) is 6.18. The van der Waals surface area contributed by atoms with Crippen LogP contribution in [0.3, 0.4) is 0 Å². The van der Waals surface area contributed by atoms with Gasteiger partial charge in [0.1, 0.15) is 5.82 Å². The molecule has 1 aliphatic rings. The van der Waals surface area contributed by atoms with Crippen LogP contribution in [0.4, 0.5) is 5.82 Å². The lowest BCUT2D eigenvalue weighted by molar-refractivity contribution is 0.0697. The van der Waals surface area contributed by atoms with Crippen molar-refractivity contribution in [2.75, 3.05) is 18.0 Å². The maximum Gasteiger partial charge on any atom is 0.335 e. The lowest BCUT2D eigenvalue weighted by Gasteiger charge is -2.31. The molecule has 3 heterocycles. The van der Waals surface area contributed by atoms with Crippen molar-refractivity contribution < 1.29 is 15.0 Å². The number of rotatable bonds is 3. The summed E-state index contributed by atoms with van der Waals surface area (Å²) in [7, 11) is 0. The molecule has 1 aliphatic heterocycles. The van der Waals surface area contributed by atoms with Gasteiger partial charge in [0.25, 0.3) is 0 Å². The van der Waals surface area contributed by atoms with Gasteiger partial charge in [0.15, 0.2) is 5.65 Å². The van der Waals surface area contributed by atoms with Gasteiger partial charge < -0.3 is 15.1 Å². The van der Waals surface area contributed by atoms with Crippen LogP contribution in [0.5, 0.6) is 0 Å². The summed E-state index contributed by atoms with van der Waals surface area (Å²) >= 11 is 0. The Labute approximate surface area is 144 Å². The molecule has 0 spiro atoms. The van der Waals surface area contributed by atoms with E-state index in [0.717, 1.165) is 48.7 Å². The number of imidazole rings is 1. The number of aromatic nitrogens is 3. The molecule has 0 amide bonds. The normalized spacial score (nSPS) is 15.6. The van der Waals surface area contributed by atoms with Crippen molar-refractivity contribution in [2.24, 2.45) is 0 Å². The third kappa shape index (κ3) is 2.83. The molecule has 1 aromatic carbocycles. The molecule has 25 heavy (non-hydrogen) atoms. The molecule has 4 rings (SSSR count). The summed E-state index contributed by atoms with van der Waals surface area (Å²) in [4.78, 5) is 22.0. The average Bonchev–Trinajstić information content (AvgIpc) is 3.07. The second-order valence-electron chi connectivity index (χ2n) is 6.20. The summed E-state index contributed by atoms with van der Waals surface area (Å²) in [6.07, 6.45) is 6.50. The average molecular weight is 338 g/mol. The van der Waals surface area contributed by atoms with Crippen molar-refractivity contribution >= 4 is 17.4 Å². The highest BCUT2D eigenvalue weighted by molar-refractivity contribution is 5.88. The number of benzene rings is 1. The van der Waals surface area contributed by atoms with Crippen molar-refractivity contribution in [3.63, 3.8) is 0 Å². The Morgan fingerprint density at radius 1 is 1.08 bits per heavy atom. The van der Waals surface area contributed by atoms with Gasteiger partial charge in [0, 0.05) is 18.7 Å². The van der Waals surface area contributed by atoms with Crippen molar-refractivity contribution in [3.8, 4) is 11.3 Å². The molecule has 0 aliphatic carbocycles.